The molecule has 2 heterocycles. The summed E-state index contributed by atoms with van der Waals surface area (Å²) in [6, 6.07) is 12.2. The number of para-hydroxylation sites is 1. The average Bonchev–Trinajstić information content (AvgIpc) is 2.76. The van der Waals surface area contributed by atoms with Gasteiger partial charge in [0.25, 0.3) is 11.5 Å². The minimum absolute atomic E-state index is 0.0425. The monoisotopic (exact) mass is 446 g/mol. The first-order valence-electron chi connectivity index (χ1n) is 10.0. The Morgan fingerprint density at radius 3 is 2.65 bits per heavy atom. The van der Waals surface area contributed by atoms with E-state index < -0.39 is 17.6 Å². The van der Waals surface area contributed by atoms with E-state index in [1.165, 1.54) is 29.5 Å². The van der Waals surface area contributed by atoms with E-state index in [0.717, 1.165) is 48.0 Å². The summed E-state index contributed by atoms with van der Waals surface area (Å²) in [5.41, 5.74) is 2.43. The standard InChI is InChI=1S/C23H21F3N2O2S/c24-23(25,26)19-8-6-16(7-9-19)21(29)27-10-12-31-14-18-13-17-4-1-3-15-5-2-11-28(20(15)17)22(18)30/h1,3-4,6-9,13H,2,5,10-12,14H2,(H,27,29). The van der Waals surface area contributed by atoms with Crippen molar-refractivity contribution in [2.75, 3.05) is 12.3 Å². The molecule has 0 spiro atoms. The summed E-state index contributed by atoms with van der Waals surface area (Å²) >= 11 is 1.54. The molecule has 0 atom stereocenters. The fraction of sp³-hybridized carbons (Fsp3) is 0.304. The van der Waals surface area contributed by atoms with Crippen LogP contribution in [0.2, 0.25) is 0 Å². The molecule has 0 saturated heterocycles. The molecule has 8 heteroatoms. The molecule has 2 aromatic carbocycles. The van der Waals surface area contributed by atoms with Crippen LogP contribution in [-0.2, 0) is 24.9 Å². The van der Waals surface area contributed by atoms with E-state index in [1.807, 2.05) is 22.8 Å². The lowest BCUT2D eigenvalue weighted by molar-refractivity contribution is -0.137. The van der Waals surface area contributed by atoms with E-state index in [0.29, 0.717) is 18.1 Å². The maximum atomic E-state index is 12.9. The number of hydrogen-bond acceptors (Lipinski definition) is 3. The van der Waals surface area contributed by atoms with Gasteiger partial charge in [-0.3, -0.25) is 9.59 Å². The minimum Gasteiger partial charge on any atom is -0.351 e. The van der Waals surface area contributed by atoms with Crippen LogP contribution in [0, 0.1) is 0 Å². The zero-order chi connectivity index (χ0) is 22.0. The van der Waals surface area contributed by atoms with Crippen molar-refractivity contribution >= 4 is 28.6 Å². The highest BCUT2D eigenvalue weighted by molar-refractivity contribution is 7.98. The molecule has 3 aromatic rings. The number of nitrogens with one attached hydrogen (secondary N) is 1. The molecular formula is C23H21F3N2O2S. The van der Waals surface area contributed by atoms with Crippen LogP contribution in [0.4, 0.5) is 13.2 Å². The summed E-state index contributed by atoms with van der Waals surface area (Å²) in [4.78, 5) is 25.0. The molecule has 0 aliphatic carbocycles. The number of hydrogen-bond donors (Lipinski definition) is 1. The van der Waals surface area contributed by atoms with E-state index in [1.54, 1.807) is 0 Å². The molecule has 1 aliphatic heterocycles. The Bertz CT molecular complexity index is 1170. The smallest absolute Gasteiger partial charge is 0.351 e. The Hall–Kier alpha value is -2.74. The average molecular weight is 446 g/mol. The third-order valence-electron chi connectivity index (χ3n) is 5.36. The molecule has 1 N–H and O–H groups in total. The van der Waals surface area contributed by atoms with E-state index >= 15 is 0 Å². The Morgan fingerprint density at radius 2 is 1.90 bits per heavy atom. The number of carbonyl (C=O) groups is 1. The molecular weight excluding hydrogens is 425 g/mol. The normalized spacial score (nSPS) is 13.4. The van der Waals surface area contributed by atoms with Crippen LogP contribution in [0.15, 0.2) is 53.3 Å². The van der Waals surface area contributed by atoms with Crippen molar-refractivity contribution in [1.29, 1.82) is 0 Å². The third-order valence-corrected chi connectivity index (χ3v) is 6.37. The number of aryl methyl sites for hydroxylation is 2. The van der Waals surface area contributed by atoms with Crippen molar-refractivity contribution in [2.24, 2.45) is 0 Å². The van der Waals surface area contributed by atoms with Gasteiger partial charge in [-0.15, -0.1) is 0 Å². The molecule has 0 radical (unpaired) electrons. The van der Waals surface area contributed by atoms with E-state index in [-0.39, 0.29) is 11.1 Å². The van der Waals surface area contributed by atoms with Crippen molar-refractivity contribution in [1.82, 2.24) is 9.88 Å². The molecule has 1 aliphatic rings. The maximum Gasteiger partial charge on any atom is 0.416 e. The predicted molar refractivity (Wildman–Crippen MR) is 116 cm³/mol. The predicted octanol–water partition coefficient (Wildman–Crippen LogP) is 4.63. The van der Waals surface area contributed by atoms with Crippen LogP contribution in [-0.4, -0.2) is 22.8 Å². The number of pyridine rings is 1. The van der Waals surface area contributed by atoms with Crippen molar-refractivity contribution in [3.63, 3.8) is 0 Å². The second-order valence-electron chi connectivity index (χ2n) is 7.47. The minimum atomic E-state index is -4.42. The maximum absolute atomic E-state index is 12.9. The fourth-order valence-corrected chi connectivity index (χ4v) is 4.68. The quantitative estimate of drug-likeness (QED) is 0.562. The van der Waals surface area contributed by atoms with Gasteiger partial charge in [0.1, 0.15) is 0 Å². The van der Waals surface area contributed by atoms with Gasteiger partial charge in [0, 0.05) is 35.7 Å². The van der Waals surface area contributed by atoms with Crippen LogP contribution in [0.5, 0.6) is 0 Å². The van der Waals surface area contributed by atoms with Gasteiger partial charge in [-0.1, -0.05) is 18.2 Å². The van der Waals surface area contributed by atoms with Crippen molar-refractivity contribution in [3.05, 3.63) is 81.1 Å². The van der Waals surface area contributed by atoms with Crippen LogP contribution >= 0.6 is 11.8 Å². The van der Waals surface area contributed by atoms with Gasteiger partial charge in [0.2, 0.25) is 0 Å². The van der Waals surface area contributed by atoms with E-state index in [9.17, 15) is 22.8 Å². The van der Waals surface area contributed by atoms with Gasteiger partial charge >= 0.3 is 6.18 Å². The van der Waals surface area contributed by atoms with E-state index in [2.05, 4.69) is 11.4 Å². The first-order valence-corrected chi connectivity index (χ1v) is 11.2. The van der Waals surface area contributed by atoms with Crippen molar-refractivity contribution < 1.29 is 18.0 Å². The number of thioether (sulfide) groups is 1. The second kappa shape index (κ2) is 8.78. The zero-order valence-electron chi connectivity index (χ0n) is 16.7. The first kappa shape index (κ1) is 21.5. The second-order valence-corrected chi connectivity index (χ2v) is 8.57. The molecule has 0 bridgehead atoms. The van der Waals surface area contributed by atoms with Crippen LogP contribution in [0.1, 0.15) is 33.5 Å². The number of benzene rings is 2. The van der Waals surface area contributed by atoms with Crippen LogP contribution < -0.4 is 10.9 Å². The number of rotatable bonds is 6. The lowest BCUT2D eigenvalue weighted by atomic mass is 10.0. The number of carbonyl (C=O) groups excluding carboxylic acids is 1. The van der Waals surface area contributed by atoms with Crippen molar-refractivity contribution in [2.45, 2.75) is 31.3 Å². The molecule has 0 unspecified atom stereocenters. The Kier molecular flexibility index (Phi) is 6.09. The lowest BCUT2D eigenvalue weighted by Gasteiger charge is -2.20. The van der Waals surface area contributed by atoms with Gasteiger partial charge < -0.3 is 9.88 Å². The summed E-state index contributed by atoms with van der Waals surface area (Å²) in [6.45, 7) is 1.09. The van der Waals surface area contributed by atoms with Gasteiger partial charge in [-0.2, -0.15) is 24.9 Å². The molecule has 4 nitrogen and oxygen atoms in total. The summed E-state index contributed by atoms with van der Waals surface area (Å²) in [5.74, 6) is 0.705. The SMILES string of the molecule is O=C(NCCSCc1cc2cccc3c2n(c1=O)CCC3)c1ccc(C(F)(F)F)cc1. The topological polar surface area (TPSA) is 51.1 Å². The van der Waals surface area contributed by atoms with Crippen LogP contribution in [0.3, 0.4) is 0 Å². The highest BCUT2D eigenvalue weighted by Crippen LogP contribution is 2.29. The fourth-order valence-electron chi connectivity index (χ4n) is 3.86. The Morgan fingerprint density at radius 1 is 1.13 bits per heavy atom. The number of nitrogens with zero attached hydrogens (tertiary/aromatic N) is 1. The van der Waals surface area contributed by atoms with Gasteiger partial charge in [-0.05, 0) is 54.1 Å². The highest BCUT2D eigenvalue weighted by atomic mass is 32.2. The molecule has 4 rings (SSSR count). The lowest BCUT2D eigenvalue weighted by Crippen LogP contribution is -2.27. The summed E-state index contributed by atoms with van der Waals surface area (Å²) < 4.78 is 39.7. The first-order chi connectivity index (χ1) is 14.8. The molecule has 31 heavy (non-hydrogen) atoms. The molecule has 1 aromatic heterocycles. The zero-order valence-corrected chi connectivity index (χ0v) is 17.5. The number of alkyl halides is 3. The van der Waals surface area contributed by atoms with Crippen molar-refractivity contribution in [3.8, 4) is 0 Å². The van der Waals surface area contributed by atoms with Gasteiger partial charge in [0.05, 0.1) is 11.1 Å². The van der Waals surface area contributed by atoms with Gasteiger partial charge in [0.15, 0.2) is 0 Å². The molecule has 0 fully saturated rings. The number of aromatic nitrogens is 1. The number of halogens is 3. The number of amides is 1. The molecule has 0 saturated carbocycles. The van der Waals surface area contributed by atoms with E-state index in [4.69, 9.17) is 0 Å². The van der Waals surface area contributed by atoms with Gasteiger partial charge in [-0.25, -0.2) is 0 Å². The largest absolute Gasteiger partial charge is 0.416 e. The highest BCUT2D eigenvalue weighted by Gasteiger charge is 2.30. The summed E-state index contributed by atoms with van der Waals surface area (Å²) in [5, 5.41) is 3.77. The molecule has 1 amide bonds. The Labute approximate surface area is 181 Å². The molecule has 162 valence electrons. The Balaban J connectivity index is 1.32. The van der Waals surface area contributed by atoms with Crippen LogP contribution in [0.25, 0.3) is 10.9 Å². The third kappa shape index (κ3) is 4.63. The summed E-state index contributed by atoms with van der Waals surface area (Å²) in [6.07, 6.45) is -2.48. The summed E-state index contributed by atoms with van der Waals surface area (Å²) in [7, 11) is 0.